The van der Waals surface area contributed by atoms with Gasteiger partial charge in [-0.05, 0) is 12.5 Å². The number of hydrogen-bond donors (Lipinski definition) is 2. The van der Waals surface area contributed by atoms with Gasteiger partial charge in [-0.3, -0.25) is 4.79 Å². The molecule has 78 valence electrons. The molecule has 1 aromatic heterocycles. The van der Waals surface area contributed by atoms with Crippen LogP contribution in [0.25, 0.3) is 0 Å². The fourth-order valence-electron chi connectivity index (χ4n) is 1.19. The van der Waals surface area contributed by atoms with Gasteiger partial charge in [0, 0.05) is 24.6 Å². The maximum absolute atomic E-state index is 11.5. The Morgan fingerprint density at radius 2 is 2.50 bits per heavy atom. The zero-order valence-corrected chi connectivity index (χ0v) is 8.32. The minimum atomic E-state index is -0.0816. The van der Waals surface area contributed by atoms with Crippen molar-refractivity contribution in [1.82, 2.24) is 5.32 Å². The van der Waals surface area contributed by atoms with Crippen LogP contribution in [0.1, 0.15) is 18.9 Å². The monoisotopic (exact) mass is 196 g/mol. The summed E-state index contributed by atoms with van der Waals surface area (Å²) in [5, 5.41) is 2.81. The Bertz CT molecular complexity index is 266. The van der Waals surface area contributed by atoms with E-state index in [4.69, 9.17) is 10.2 Å². The Labute approximate surface area is 83.5 Å². The standard InChI is InChI=1S/C10H16N2O2/c1-2-9(5-11)10(13)12-6-8-3-4-14-7-8/h3-4,7,9H,2,5-6,11H2,1H3,(H,12,13). The lowest BCUT2D eigenvalue weighted by molar-refractivity contribution is -0.124. The molecule has 14 heavy (non-hydrogen) atoms. The van der Waals surface area contributed by atoms with Gasteiger partial charge in [0.2, 0.25) is 5.91 Å². The van der Waals surface area contributed by atoms with Crippen molar-refractivity contribution in [2.75, 3.05) is 6.54 Å². The number of nitrogens with one attached hydrogen (secondary N) is 1. The molecule has 0 saturated carbocycles. The van der Waals surface area contributed by atoms with Crippen molar-refractivity contribution >= 4 is 5.91 Å². The summed E-state index contributed by atoms with van der Waals surface area (Å²) in [6.07, 6.45) is 3.97. The van der Waals surface area contributed by atoms with Crippen molar-refractivity contribution in [2.45, 2.75) is 19.9 Å². The fourth-order valence-corrected chi connectivity index (χ4v) is 1.19. The number of nitrogens with two attached hydrogens (primary N) is 1. The summed E-state index contributed by atoms with van der Waals surface area (Å²) < 4.78 is 4.88. The van der Waals surface area contributed by atoms with Gasteiger partial charge in [-0.25, -0.2) is 0 Å². The van der Waals surface area contributed by atoms with Crippen molar-refractivity contribution in [3.63, 3.8) is 0 Å². The minimum absolute atomic E-state index is 0.0104. The second-order valence-electron chi connectivity index (χ2n) is 3.19. The number of furan rings is 1. The smallest absolute Gasteiger partial charge is 0.224 e. The Hall–Kier alpha value is -1.29. The van der Waals surface area contributed by atoms with Crippen LogP contribution < -0.4 is 11.1 Å². The molecular weight excluding hydrogens is 180 g/mol. The van der Waals surface area contributed by atoms with Crippen LogP contribution in [0.2, 0.25) is 0 Å². The number of carbonyl (C=O) groups is 1. The minimum Gasteiger partial charge on any atom is -0.472 e. The highest BCUT2D eigenvalue weighted by Crippen LogP contribution is 2.02. The average molecular weight is 196 g/mol. The third-order valence-corrected chi connectivity index (χ3v) is 2.19. The summed E-state index contributed by atoms with van der Waals surface area (Å²) in [4.78, 5) is 11.5. The highest BCUT2D eigenvalue weighted by atomic mass is 16.3. The molecule has 1 unspecified atom stereocenters. The molecule has 4 nitrogen and oxygen atoms in total. The maximum Gasteiger partial charge on any atom is 0.224 e. The molecule has 0 aliphatic rings. The van der Waals surface area contributed by atoms with E-state index in [-0.39, 0.29) is 11.8 Å². The van der Waals surface area contributed by atoms with Crippen molar-refractivity contribution in [2.24, 2.45) is 11.7 Å². The lowest BCUT2D eigenvalue weighted by Crippen LogP contribution is -2.34. The molecule has 0 aliphatic heterocycles. The van der Waals surface area contributed by atoms with E-state index in [1.165, 1.54) is 0 Å². The molecular formula is C10H16N2O2. The molecule has 0 radical (unpaired) electrons. The first-order chi connectivity index (χ1) is 6.77. The van der Waals surface area contributed by atoms with Crippen molar-refractivity contribution in [3.8, 4) is 0 Å². The van der Waals surface area contributed by atoms with Crippen LogP contribution in [0.4, 0.5) is 0 Å². The van der Waals surface area contributed by atoms with E-state index < -0.39 is 0 Å². The molecule has 0 aromatic carbocycles. The lowest BCUT2D eigenvalue weighted by atomic mass is 10.1. The molecule has 0 spiro atoms. The van der Waals surface area contributed by atoms with E-state index in [0.29, 0.717) is 13.1 Å². The van der Waals surface area contributed by atoms with Crippen molar-refractivity contribution in [1.29, 1.82) is 0 Å². The SMILES string of the molecule is CCC(CN)C(=O)NCc1ccoc1. The van der Waals surface area contributed by atoms with E-state index in [1.807, 2.05) is 13.0 Å². The molecule has 0 saturated heterocycles. The second-order valence-corrected chi connectivity index (χ2v) is 3.19. The van der Waals surface area contributed by atoms with Gasteiger partial charge in [-0.2, -0.15) is 0 Å². The Morgan fingerprint density at radius 1 is 1.71 bits per heavy atom. The largest absolute Gasteiger partial charge is 0.472 e. The summed E-state index contributed by atoms with van der Waals surface area (Å²) in [5.74, 6) is -0.0712. The van der Waals surface area contributed by atoms with Crippen LogP contribution in [0, 0.1) is 5.92 Å². The number of rotatable bonds is 5. The molecule has 0 aliphatic carbocycles. The molecule has 0 bridgehead atoms. The zero-order chi connectivity index (χ0) is 10.4. The summed E-state index contributed by atoms with van der Waals surface area (Å²) in [7, 11) is 0. The summed E-state index contributed by atoms with van der Waals surface area (Å²) in [6.45, 7) is 2.86. The van der Waals surface area contributed by atoms with Crippen molar-refractivity contribution < 1.29 is 9.21 Å². The normalized spacial score (nSPS) is 12.4. The first-order valence-corrected chi connectivity index (χ1v) is 4.76. The number of hydrogen-bond acceptors (Lipinski definition) is 3. The van der Waals surface area contributed by atoms with Crippen LogP contribution in [0.5, 0.6) is 0 Å². The average Bonchev–Trinajstić information content (AvgIpc) is 2.69. The van der Waals surface area contributed by atoms with E-state index in [2.05, 4.69) is 5.32 Å². The van der Waals surface area contributed by atoms with Gasteiger partial charge in [0.25, 0.3) is 0 Å². The third-order valence-electron chi connectivity index (χ3n) is 2.19. The third kappa shape index (κ3) is 2.88. The van der Waals surface area contributed by atoms with Gasteiger partial charge in [-0.1, -0.05) is 6.92 Å². The molecule has 1 aromatic rings. The summed E-state index contributed by atoms with van der Waals surface area (Å²) in [6, 6.07) is 1.82. The first kappa shape index (κ1) is 10.8. The van der Waals surface area contributed by atoms with Crippen LogP contribution >= 0.6 is 0 Å². The van der Waals surface area contributed by atoms with E-state index >= 15 is 0 Å². The van der Waals surface area contributed by atoms with Crippen LogP contribution in [-0.4, -0.2) is 12.5 Å². The first-order valence-electron chi connectivity index (χ1n) is 4.76. The molecule has 4 heteroatoms. The fraction of sp³-hybridized carbons (Fsp3) is 0.500. The van der Waals surface area contributed by atoms with Gasteiger partial charge in [-0.15, -0.1) is 0 Å². The molecule has 1 amide bonds. The molecule has 1 rings (SSSR count). The topological polar surface area (TPSA) is 68.3 Å². The van der Waals surface area contributed by atoms with Gasteiger partial charge in [0.1, 0.15) is 0 Å². The number of amides is 1. The second kappa shape index (κ2) is 5.44. The van der Waals surface area contributed by atoms with E-state index in [1.54, 1.807) is 12.5 Å². The van der Waals surface area contributed by atoms with Gasteiger partial charge in [0.15, 0.2) is 0 Å². The predicted octanol–water partition coefficient (Wildman–Crippen LogP) is 0.881. The Morgan fingerprint density at radius 3 is 3.00 bits per heavy atom. The van der Waals surface area contributed by atoms with Gasteiger partial charge in [0.05, 0.1) is 12.5 Å². The quantitative estimate of drug-likeness (QED) is 0.734. The molecule has 1 atom stereocenters. The maximum atomic E-state index is 11.5. The number of carbonyl (C=O) groups excluding carboxylic acids is 1. The van der Waals surface area contributed by atoms with Crippen LogP contribution in [-0.2, 0) is 11.3 Å². The highest BCUT2D eigenvalue weighted by molar-refractivity contribution is 5.78. The zero-order valence-electron chi connectivity index (χ0n) is 8.32. The summed E-state index contributed by atoms with van der Waals surface area (Å²) in [5.41, 5.74) is 6.42. The van der Waals surface area contributed by atoms with Crippen LogP contribution in [0.15, 0.2) is 23.0 Å². The molecule has 3 N–H and O–H groups in total. The highest BCUT2D eigenvalue weighted by Gasteiger charge is 2.13. The molecule has 1 heterocycles. The van der Waals surface area contributed by atoms with E-state index in [9.17, 15) is 4.79 Å². The van der Waals surface area contributed by atoms with Crippen molar-refractivity contribution in [3.05, 3.63) is 24.2 Å². The van der Waals surface area contributed by atoms with Gasteiger partial charge < -0.3 is 15.5 Å². The lowest BCUT2D eigenvalue weighted by Gasteiger charge is -2.11. The Kier molecular flexibility index (Phi) is 4.19. The van der Waals surface area contributed by atoms with Crippen LogP contribution in [0.3, 0.4) is 0 Å². The predicted molar refractivity (Wildman–Crippen MR) is 53.4 cm³/mol. The molecule has 0 fully saturated rings. The van der Waals surface area contributed by atoms with E-state index in [0.717, 1.165) is 12.0 Å². The van der Waals surface area contributed by atoms with Gasteiger partial charge >= 0.3 is 0 Å². The summed E-state index contributed by atoms with van der Waals surface area (Å²) >= 11 is 0. The Balaban J connectivity index is 2.34.